The first-order valence-electron chi connectivity index (χ1n) is 33.0. The Kier molecular flexibility index (Phi) is 76.9. The molecule has 0 rings (SSSR count). The van der Waals surface area contributed by atoms with Crippen LogP contribution in [0.15, 0.2) is 0 Å². The number of hydrogen-bond donors (Lipinski definition) is 0. The third-order valence-corrected chi connectivity index (χ3v) is 17.9. The van der Waals surface area contributed by atoms with Gasteiger partial charge in [0.15, 0.2) is 0 Å². The molecule has 59 radical (unpaired) electrons. The molecule has 1 nitrogen and oxygen atoms in total. The summed E-state index contributed by atoms with van der Waals surface area (Å²) in [5.41, 5.74) is 0. The maximum absolute atomic E-state index is 10.2. The zero-order valence-electron chi connectivity index (χ0n) is 56.6. The van der Waals surface area contributed by atoms with E-state index in [9.17, 15) is 4.79 Å². The lowest BCUT2D eigenvalue weighted by Gasteiger charge is -2.49. The quantitative estimate of drug-likeness (QED) is 0.0257. The van der Waals surface area contributed by atoms with Crippen molar-refractivity contribution in [3.05, 3.63) is 0 Å². The molecule has 93 heavy (non-hydrogen) atoms. The van der Waals surface area contributed by atoms with E-state index in [1.165, 1.54) is 97.0 Å². The van der Waals surface area contributed by atoms with E-state index in [0.29, 0.717) is 18.6 Å². The number of Topliss-reactive ketones (excluding diaryl/α,β-unsaturated/α-hetero) is 1. The van der Waals surface area contributed by atoms with Gasteiger partial charge in [-0.2, -0.15) is 0 Å². The number of unbranched alkanes of at least 4 members (excludes halogenated alkanes) is 16. The van der Waals surface area contributed by atoms with Crippen molar-refractivity contribution in [1.29, 1.82) is 0 Å². The van der Waals surface area contributed by atoms with Gasteiger partial charge in [0.1, 0.15) is 5.78 Å². The second kappa shape index (κ2) is 67.8. The van der Waals surface area contributed by atoms with E-state index in [-0.39, 0.29) is 0 Å². The Morgan fingerprint density at radius 1 is 0.301 bits per heavy atom. The zero-order valence-corrected chi connectivity index (χ0v) is 61.2. The molecule has 0 fully saturated rings. The number of alkyl halides is 4. The van der Waals surface area contributed by atoms with Crippen LogP contribution in [0, 0.1) is 23.7 Å². The van der Waals surface area contributed by atoms with Gasteiger partial charge in [-0.25, -0.2) is 0 Å². The number of carbonyl (C=O) groups excluding carboxylic acids is 1. The Bertz CT molecular complexity index is 1650. The standard InChI is InChI=1S/C14H24Br2.C14H24Cl2.C5H10O.B28.B27/c2*15-13-11-9-7-5-3-1-2-4-6-8-10-12-14-16;1-3-5(6)4-2;1-16(2)23(15)27(24(17(3)4)18(5)6)28(25(19(7)8)20(9)10)26(21(11)12)22(13)14;1-15-22(14)26(23(16(2)3)17(4)5)27(24(18(6)7)19(8)9)25(20(10)11)21(12)13/h2*3-14H2;3-4H2,1-2H3;;. The Labute approximate surface area is 651 Å². The molecule has 0 atom stereocenters. The highest BCUT2D eigenvalue weighted by molar-refractivity contribution is 9.09. The molecule has 0 saturated heterocycles. The van der Waals surface area contributed by atoms with Crippen LogP contribution in [0.4, 0.5) is 0 Å². The lowest BCUT2D eigenvalue weighted by atomic mass is 8.32. The molecule has 0 aromatic carbocycles. The minimum atomic E-state index is -1.03. The van der Waals surface area contributed by atoms with E-state index >= 15 is 0 Å². The summed E-state index contributed by atoms with van der Waals surface area (Å²) in [6.07, 6.45) is 3.29. The summed E-state index contributed by atoms with van der Waals surface area (Å²) in [6.45, 7) is 3.76. The molecule has 0 aliphatic rings. The summed E-state index contributed by atoms with van der Waals surface area (Å²) in [7, 11) is 174. The molecule has 0 bridgehead atoms. The maximum Gasteiger partial charge on any atom is 0.132 e. The number of halogens is 4. The number of rotatable bonds is 46. The minimum Gasteiger partial charge on any atom is -0.300 e. The van der Waals surface area contributed by atoms with Crippen LogP contribution < -0.4 is 0 Å². The van der Waals surface area contributed by atoms with Crippen molar-refractivity contribution < 1.29 is 4.79 Å². The summed E-state index contributed by atoms with van der Waals surface area (Å²) in [6, 6.07) is 0. The molecule has 0 N–H and O–H groups in total. The molecule has 0 aliphatic heterocycles. The number of ketones is 1. The molecule has 389 valence electrons. The Hall–Kier alpha value is 3.90. The predicted octanol–water partition coefficient (Wildman–Crippen LogP) is -8.52. The number of hydrogen-bond acceptors (Lipinski definition) is 1. The van der Waals surface area contributed by atoms with Gasteiger partial charge in [-0.1, -0.05) is 97.1 Å². The smallest absolute Gasteiger partial charge is 0.132 e. The molecule has 0 spiro atoms. The van der Waals surface area contributed by atoms with Crippen LogP contribution in [-0.4, -0.2) is 419 Å². The molecule has 0 unspecified atom stereocenters. The van der Waals surface area contributed by atoms with Gasteiger partial charge in [-0.15, -0.1) is 46.9 Å². The molecule has 0 amide bonds. The largest absolute Gasteiger partial charge is 0.300 e. The minimum absolute atomic E-state index is 0.343. The second-order valence-electron chi connectivity index (χ2n) is 24.0. The third kappa shape index (κ3) is 51.7. The molecule has 0 aliphatic carbocycles. The summed E-state index contributed by atoms with van der Waals surface area (Å²) in [5.74, 6) is 15.0. The molecule has 0 saturated carbocycles. The maximum atomic E-state index is 10.2. The Morgan fingerprint density at radius 3 is 0.688 bits per heavy atom. The molecule has 0 aromatic heterocycles. The highest BCUT2D eigenvalue weighted by Crippen LogP contribution is 2.15. The Morgan fingerprint density at radius 2 is 0.505 bits per heavy atom. The second-order valence-corrected chi connectivity index (χ2v) is 26.3. The predicted molar refractivity (Wildman–Crippen MR) is 499 cm³/mol. The first-order chi connectivity index (χ1) is 43.6. The van der Waals surface area contributed by atoms with Gasteiger partial charge in [0, 0.05) is 452 Å². The Balaban J connectivity index is -0.000000369. The van der Waals surface area contributed by atoms with E-state index < -0.39 is 160 Å². The van der Waals surface area contributed by atoms with Gasteiger partial charge in [0.2, 0.25) is 0 Å². The van der Waals surface area contributed by atoms with Gasteiger partial charge < -0.3 is 0 Å². The third-order valence-electron chi connectivity index (χ3n) is 16.2. The van der Waals surface area contributed by atoms with Crippen LogP contribution in [0.25, 0.3) is 0 Å². The zero-order chi connectivity index (χ0) is 72.9. The van der Waals surface area contributed by atoms with Gasteiger partial charge in [0.05, 0.1) is 0 Å². The lowest BCUT2D eigenvalue weighted by molar-refractivity contribution is -0.118. The van der Waals surface area contributed by atoms with Crippen molar-refractivity contribution >= 4 is 452 Å². The SMILES string of the molecule is BrCCCCCCC#CCCCCCCBr.CCC(=O)CC.ClCCCCCCC#CCCCCCCCl.[B]B([B])B([B])B(B(B([B])[B])B([B])[B])B(B(B([B])[B])B([B])[B])B(B([B])[B])B([B])[B].[B][B]B([B])B(B(B([B])[B])B([B])[B])B(B(B([B])[B])B([B])[B])B(B([B])[B])B([B])[B]. The van der Waals surface area contributed by atoms with Crippen LogP contribution in [0.5, 0.6) is 0 Å². The molecular formula is C33H58B55Br2Cl2O. The van der Waals surface area contributed by atoms with Crippen molar-refractivity contribution in [1.82, 2.24) is 0 Å². The first-order valence-corrected chi connectivity index (χ1v) is 36.3. The average molecular weight is 1300 g/mol. The van der Waals surface area contributed by atoms with Crippen LogP contribution in [0.1, 0.15) is 155 Å². The summed E-state index contributed by atoms with van der Waals surface area (Å²) in [4.78, 5) is 10.2. The van der Waals surface area contributed by atoms with E-state index in [1.807, 2.05) is 13.8 Å². The van der Waals surface area contributed by atoms with E-state index in [1.54, 1.807) is 0 Å². The van der Waals surface area contributed by atoms with Gasteiger partial charge in [-0.05, 0) is 51.4 Å². The van der Waals surface area contributed by atoms with Crippen molar-refractivity contribution in [3.63, 3.8) is 0 Å². The molecule has 0 aromatic rings. The van der Waals surface area contributed by atoms with Crippen LogP contribution >= 0.6 is 55.1 Å². The van der Waals surface area contributed by atoms with E-state index in [4.69, 9.17) is 248 Å². The average Bonchev–Trinajstić information content (AvgIpc) is 0.788. The summed E-state index contributed by atoms with van der Waals surface area (Å²) >= 11 is 18.1. The normalized spacial score (nSPS) is 9.48. The van der Waals surface area contributed by atoms with Crippen molar-refractivity contribution in [3.8, 4) is 23.7 Å². The van der Waals surface area contributed by atoms with E-state index in [2.05, 4.69) is 55.5 Å². The highest BCUT2D eigenvalue weighted by atomic mass is 79.9. The van der Waals surface area contributed by atoms with Gasteiger partial charge in [0.25, 0.3) is 0 Å². The summed E-state index contributed by atoms with van der Waals surface area (Å²) < 4.78 is 0. The molecule has 0 heterocycles. The lowest BCUT2D eigenvalue weighted by Crippen LogP contribution is -2.87. The fourth-order valence-corrected chi connectivity index (χ4v) is 12.5. The number of carbonyl (C=O) groups is 1. The topological polar surface area (TPSA) is 17.1 Å². The molecular weight excluding hydrogens is 1240 g/mol. The van der Waals surface area contributed by atoms with Crippen molar-refractivity contribution in [2.75, 3.05) is 22.4 Å². The highest BCUT2D eigenvalue weighted by Gasteiger charge is 2.52. The van der Waals surface area contributed by atoms with Gasteiger partial charge in [-0.3, -0.25) is 4.79 Å². The fourth-order valence-electron chi connectivity index (χ4n) is 11.3. The van der Waals surface area contributed by atoms with Crippen molar-refractivity contribution in [2.45, 2.75) is 155 Å². The molecule has 60 heteroatoms. The monoisotopic (exact) mass is 1300 g/mol. The summed E-state index contributed by atoms with van der Waals surface area (Å²) in [5, 5.41) is 2.29. The van der Waals surface area contributed by atoms with Crippen LogP contribution in [0.3, 0.4) is 0 Å². The van der Waals surface area contributed by atoms with Crippen LogP contribution in [0.2, 0.25) is 0 Å². The van der Waals surface area contributed by atoms with Gasteiger partial charge >= 0.3 is 0 Å². The van der Waals surface area contributed by atoms with Crippen LogP contribution in [-0.2, 0) is 4.79 Å². The van der Waals surface area contributed by atoms with Crippen molar-refractivity contribution in [2.24, 2.45) is 0 Å². The van der Waals surface area contributed by atoms with E-state index in [0.717, 1.165) is 60.9 Å². The fraction of sp³-hybridized carbons (Fsp3) is 0.848. The first kappa shape index (κ1) is 106.